The second kappa shape index (κ2) is 6.61. The van der Waals surface area contributed by atoms with Crippen LogP contribution in [0.5, 0.6) is 5.75 Å². The maximum atomic E-state index is 12.1. The van der Waals surface area contributed by atoms with E-state index in [1.165, 1.54) is 0 Å². The number of fused-ring (bicyclic) bond motifs is 1. The van der Waals surface area contributed by atoms with Gasteiger partial charge in [-0.25, -0.2) is 4.98 Å². The van der Waals surface area contributed by atoms with Crippen molar-refractivity contribution >= 4 is 17.1 Å². The summed E-state index contributed by atoms with van der Waals surface area (Å²) in [4.78, 5) is 16.5. The Labute approximate surface area is 144 Å². The number of hydrogen-bond donors (Lipinski definition) is 0. The quantitative estimate of drug-likeness (QED) is 0.404. The van der Waals surface area contributed by atoms with Crippen LogP contribution in [0.4, 0.5) is 0 Å². The lowest BCUT2D eigenvalue weighted by Crippen LogP contribution is -2.11. The van der Waals surface area contributed by atoms with Crippen molar-refractivity contribution in [3.63, 3.8) is 0 Å². The van der Waals surface area contributed by atoms with Crippen molar-refractivity contribution in [2.24, 2.45) is 0 Å². The van der Waals surface area contributed by atoms with Crippen molar-refractivity contribution in [1.29, 1.82) is 0 Å². The zero-order valence-corrected chi connectivity index (χ0v) is 13.4. The fraction of sp³-hybridized carbons (Fsp3) is 0.0476. The number of hydrogen-bond acceptors (Lipinski definition) is 4. The third-order valence-corrected chi connectivity index (χ3v) is 3.80. The van der Waals surface area contributed by atoms with E-state index in [2.05, 4.69) is 4.98 Å². The van der Waals surface area contributed by atoms with Crippen LogP contribution in [0.3, 0.4) is 0 Å². The third-order valence-electron chi connectivity index (χ3n) is 3.80. The molecule has 4 rings (SSSR count). The van der Waals surface area contributed by atoms with Crippen molar-refractivity contribution in [2.75, 3.05) is 0 Å². The van der Waals surface area contributed by atoms with Gasteiger partial charge in [-0.15, -0.1) is 0 Å². The standard InChI is InChI=1S/C21H15NO3/c23-20(13-15-7-3-1-4-8-15)24-17-11-12-18-19(14-17)25-21(22-18)16-9-5-2-6-10-16/h1-12,14H,13H2. The first-order valence-corrected chi connectivity index (χ1v) is 7.98. The first-order chi connectivity index (χ1) is 12.3. The molecule has 0 bridgehead atoms. The Balaban J connectivity index is 1.54. The Morgan fingerprint density at radius 2 is 1.64 bits per heavy atom. The van der Waals surface area contributed by atoms with Crippen LogP contribution in [0.15, 0.2) is 83.3 Å². The molecule has 0 aliphatic carbocycles. The molecule has 0 amide bonds. The van der Waals surface area contributed by atoms with Crippen LogP contribution in [-0.4, -0.2) is 11.0 Å². The van der Waals surface area contributed by atoms with Crippen LogP contribution in [0.2, 0.25) is 0 Å². The van der Waals surface area contributed by atoms with Crippen LogP contribution in [0.25, 0.3) is 22.6 Å². The van der Waals surface area contributed by atoms with Gasteiger partial charge in [0.2, 0.25) is 5.89 Å². The number of oxazole rings is 1. The second-order valence-electron chi connectivity index (χ2n) is 5.65. The minimum Gasteiger partial charge on any atom is -0.436 e. The fourth-order valence-electron chi connectivity index (χ4n) is 2.60. The maximum Gasteiger partial charge on any atom is 0.315 e. The molecule has 4 heteroatoms. The van der Waals surface area contributed by atoms with Gasteiger partial charge in [0.15, 0.2) is 5.58 Å². The number of aromatic nitrogens is 1. The minimum atomic E-state index is -0.312. The van der Waals surface area contributed by atoms with Gasteiger partial charge >= 0.3 is 5.97 Å². The van der Waals surface area contributed by atoms with E-state index in [4.69, 9.17) is 9.15 Å². The van der Waals surface area contributed by atoms with Crippen LogP contribution in [0.1, 0.15) is 5.56 Å². The van der Waals surface area contributed by atoms with Crippen molar-refractivity contribution in [3.05, 3.63) is 84.4 Å². The molecule has 0 spiro atoms. The van der Waals surface area contributed by atoms with E-state index in [1.54, 1.807) is 18.2 Å². The molecule has 4 aromatic rings. The molecule has 25 heavy (non-hydrogen) atoms. The highest BCUT2D eigenvalue weighted by atomic mass is 16.5. The van der Waals surface area contributed by atoms with Gasteiger partial charge in [-0.3, -0.25) is 4.79 Å². The predicted octanol–water partition coefficient (Wildman–Crippen LogP) is 4.64. The summed E-state index contributed by atoms with van der Waals surface area (Å²) >= 11 is 0. The summed E-state index contributed by atoms with van der Waals surface area (Å²) in [5, 5.41) is 0. The van der Waals surface area contributed by atoms with Crippen molar-refractivity contribution in [3.8, 4) is 17.2 Å². The number of rotatable bonds is 4. The molecule has 1 heterocycles. The molecule has 4 nitrogen and oxygen atoms in total. The topological polar surface area (TPSA) is 52.3 Å². The summed E-state index contributed by atoms with van der Waals surface area (Å²) in [5.74, 6) is 0.681. The van der Waals surface area contributed by atoms with E-state index in [0.29, 0.717) is 17.2 Å². The first-order valence-electron chi connectivity index (χ1n) is 7.98. The Morgan fingerprint density at radius 3 is 2.40 bits per heavy atom. The van der Waals surface area contributed by atoms with Gasteiger partial charge in [0, 0.05) is 11.6 Å². The molecule has 0 aliphatic rings. The average Bonchev–Trinajstić information content (AvgIpc) is 3.06. The molecule has 0 unspecified atom stereocenters. The predicted molar refractivity (Wildman–Crippen MR) is 95.2 cm³/mol. The van der Waals surface area contributed by atoms with Gasteiger partial charge in [-0.05, 0) is 29.8 Å². The summed E-state index contributed by atoms with van der Waals surface area (Å²) in [5.41, 5.74) is 3.13. The Morgan fingerprint density at radius 1 is 0.920 bits per heavy atom. The molecule has 0 aliphatic heterocycles. The monoisotopic (exact) mass is 329 g/mol. The van der Waals surface area contributed by atoms with Crippen molar-refractivity contribution in [2.45, 2.75) is 6.42 Å². The van der Waals surface area contributed by atoms with E-state index in [0.717, 1.165) is 16.6 Å². The van der Waals surface area contributed by atoms with Gasteiger partial charge in [0.25, 0.3) is 0 Å². The van der Waals surface area contributed by atoms with Gasteiger partial charge in [0.05, 0.1) is 6.42 Å². The summed E-state index contributed by atoms with van der Waals surface area (Å²) in [7, 11) is 0. The molecule has 3 aromatic carbocycles. The van der Waals surface area contributed by atoms with Crippen LogP contribution < -0.4 is 4.74 Å². The number of carbonyl (C=O) groups excluding carboxylic acids is 1. The Bertz CT molecular complexity index is 1010. The average molecular weight is 329 g/mol. The summed E-state index contributed by atoms with van der Waals surface area (Å²) in [6, 6.07) is 24.4. The van der Waals surface area contributed by atoms with Crippen LogP contribution in [-0.2, 0) is 11.2 Å². The highest BCUT2D eigenvalue weighted by molar-refractivity contribution is 5.80. The van der Waals surface area contributed by atoms with E-state index in [1.807, 2.05) is 60.7 Å². The number of nitrogens with zero attached hydrogens (tertiary/aromatic N) is 1. The molecular weight excluding hydrogens is 314 g/mol. The molecule has 122 valence electrons. The molecule has 0 saturated heterocycles. The Hall–Kier alpha value is -3.40. The second-order valence-corrected chi connectivity index (χ2v) is 5.65. The maximum absolute atomic E-state index is 12.1. The number of esters is 1. The molecule has 0 atom stereocenters. The number of carbonyl (C=O) groups is 1. The van der Waals surface area contributed by atoms with Gasteiger partial charge < -0.3 is 9.15 Å². The van der Waals surface area contributed by atoms with Gasteiger partial charge in [0.1, 0.15) is 11.3 Å². The highest BCUT2D eigenvalue weighted by Gasteiger charge is 2.11. The highest BCUT2D eigenvalue weighted by Crippen LogP contribution is 2.27. The summed E-state index contributed by atoms with van der Waals surface area (Å²) < 4.78 is 11.2. The minimum absolute atomic E-state index is 0.227. The van der Waals surface area contributed by atoms with Crippen molar-refractivity contribution in [1.82, 2.24) is 4.98 Å². The summed E-state index contributed by atoms with van der Waals surface area (Å²) in [6.07, 6.45) is 0.227. The zero-order valence-electron chi connectivity index (χ0n) is 13.4. The normalized spacial score (nSPS) is 10.7. The van der Waals surface area contributed by atoms with E-state index < -0.39 is 0 Å². The fourth-order valence-corrected chi connectivity index (χ4v) is 2.60. The number of ether oxygens (including phenoxy) is 1. The molecule has 0 fully saturated rings. The van der Waals surface area contributed by atoms with E-state index in [-0.39, 0.29) is 12.4 Å². The lowest BCUT2D eigenvalue weighted by atomic mass is 10.2. The van der Waals surface area contributed by atoms with Gasteiger partial charge in [-0.2, -0.15) is 0 Å². The lowest BCUT2D eigenvalue weighted by Gasteiger charge is -2.04. The molecule has 1 aromatic heterocycles. The van der Waals surface area contributed by atoms with E-state index >= 15 is 0 Å². The van der Waals surface area contributed by atoms with Crippen LogP contribution >= 0.6 is 0 Å². The molecule has 0 N–H and O–H groups in total. The third kappa shape index (κ3) is 3.43. The largest absolute Gasteiger partial charge is 0.436 e. The zero-order chi connectivity index (χ0) is 17.1. The molecule has 0 saturated carbocycles. The number of benzene rings is 3. The molecular formula is C21H15NO3. The molecule has 0 radical (unpaired) electrons. The lowest BCUT2D eigenvalue weighted by molar-refractivity contribution is -0.133. The van der Waals surface area contributed by atoms with E-state index in [9.17, 15) is 4.79 Å². The van der Waals surface area contributed by atoms with Crippen LogP contribution in [0, 0.1) is 0 Å². The SMILES string of the molecule is O=C(Cc1ccccc1)Oc1ccc2nc(-c3ccccc3)oc2c1. The van der Waals surface area contributed by atoms with Gasteiger partial charge in [-0.1, -0.05) is 48.5 Å². The smallest absolute Gasteiger partial charge is 0.315 e. The van der Waals surface area contributed by atoms with Crippen molar-refractivity contribution < 1.29 is 13.9 Å². The first kappa shape index (κ1) is 15.1. The Kier molecular flexibility index (Phi) is 4.01. The summed E-state index contributed by atoms with van der Waals surface area (Å²) in [6.45, 7) is 0.